The molecule has 0 aliphatic heterocycles. The van der Waals surface area contributed by atoms with E-state index in [1.165, 1.54) is 25.3 Å². The average Bonchev–Trinajstić information content (AvgIpc) is 2.48. The molecule has 1 atom stereocenters. The number of methoxy groups -OCH3 is 1. The Labute approximate surface area is 125 Å². The molecule has 0 radical (unpaired) electrons. The van der Waals surface area contributed by atoms with Crippen LogP contribution in [0.2, 0.25) is 0 Å². The standard InChI is InChI=1S/C16H14FNO2S/c1-20-16-7-6-15(17)8-14(16)11-21(19)10-13-4-2-12(9-18)3-5-13/h2-8H,10-11H2,1H3. The highest BCUT2D eigenvalue weighted by Gasteiger charge is 2.09. The summed E-state index contributed by atoms with van der Waals surface area (Å²) in [6.45, 7) is 0. The summed E-state index contributed by atoms with van der Waals surface area (Å²) in [6.07, 6.45) is 0. The average molecular weight is 303 g/mol. The van der Waals surface area contributed by atoms with Crippen molar-refractivity contribution in [2.24, 2.45) is 0 Å². The van der Waals surface area contributed by atoms with Crippen LogP contribution >= 0.6 is 0 Å². The van der Waals surface area contributed by atoms with Gasteiger partial charge in [0.15, 0.2) is 0 Å². The van der Waals surface area contributed by atoms with Gasteiger partial charge in [-0.25, -0.2) is 4.39 Å². The highest BCUT2D eigenvalue weighted by atomic mass is 32.2. The summed E-state index contributed by atoms with van der Waals surface area (Å²) in [7, 11) is 0.320. The molecule has 21 heavy (non-hydrogen) atoms. The third-order valence-corrected chi connectivity index (χ3v) is 4.26. The monoisotopic (exact) mass is 303 g/mol. The first-order valence-corrected chi connectivity index (χ1v) is 7.77. The van der Waals surface area contributed by atoms with Crippen LogP contribution in [0.15, 0.2) is 42.5 Å². The first kappa shape index (κ1) is 15.2. The van der Waals surface area contributed by atoms with Crippen LogP contribution in [0.5, 0.6) is 5.75 Å². The predicted molar refractivity (Wildman–Crippen MR) is 79.7 cm³/mol. The molecule has 3 nitrogen and oxygen atoms in total. The van der Waals surface area contributed by atoms with Crippen molar-refractivity contribution in [3.63, 3.8) is 0 Å². The molecule has 2 aromatic carbocycles. The number of hydrogen-bond donors (Lipinski definition) is 0. The van der Waals surface area contributed by atoms with Crippen LogP contribution in [0.3, 0.4) is 0 Å². The first-order valence-electron chi connectivity index (χ1n) is 6.29. The molecule has 0 saturated heterocycles. The largest absolute Gasteiger partial charge is 0.496 e. The number of hydrogen-bond acceptors (Lipinski definition) is 3. The molecule has 0 bridgehead atoms. The molecule has 1 unspecified atom stereocenters. The van der Waals surface area contributed by atoms with Crippen LogP contribution in [-0.4, -0.2) is 11.3 Å². The number of benzene rings is 2. The Morgan fingerprint density at radius 3 is 2.52 bits per heavy atom. The van der Waals surface area contributed by atoms with Gasteiger partial charge in [-0.05, 0) is 35.9 Å². The van der Waals surface area contributed by atoms with Crippen LogP contribution in [0, 0.1) is 17.1 Å². The molecule has 2 rings (SSSR count). The van der Waals surface area contributed by atoms with Gasteiger partial charge in [-0.2, -0.15) is 5.26 Å². The van der Waals surface area contributed by atoms with E-state index in [-0.39, 0.29) is 11.6 Å². The van der Waals surface area contributed by atoms with E-state index in [2.05, 4.69) is 0 Å². The van der Waals surface area contributed by atoms with Gasteiger partial charge in [-0.15, -0.1) is 0 Å². The van der Waals surface area contributed by atoms with E-state index in [4.69, 9.17) is 10.00 Å². The smallest absolute Gasteiger partial charge is 0.123 e. The fraction of sp³-hybridized carbons (Fsp3) is 0.188. The van der Waals surface area contributed by atoms with Gasteiger partial charge in [0.05, 0.1) is 24.5 Å². The minimum absolute atomic E-state index is 0.223. The summed E-state index contributed by atoms with van der Waals surface area (Å²) in [5.74, 6) is 0.734. The zero-order valence-electron chi connectivity index (χ0n) is 11.5. The van der Waals surface area contributed by atoms with Crippen LogP contribution in [0.25, 0.3) is 0 Å². The lowest BCUT2D eigenvalue weighted by molar-refractivity contribution is 0.410. The summed E-state index contributed by atoms with van der Waals surface area (Å²) in [5, 5.41) is 8.73. The summed E-state index contributed by atoms with van der Waals surface area (Å²) in [5.41, 5.74) is 2.03. The predicted octanol–water partition coefficient (Wildman–Crippen LogP) is 3.15. The molecule has 5 heteroatoms. The van der Waals surface area contributed by atoms with Crippen molar-refractivity contribution in [3.05, 3.63) is 65.0 Å². The highest BCUT2D eigenvalue weighted by Crippen LogP contribution is 2.21. The van der Waals surface area contributed by atoms with Crippen LogP contribution in [-0.2, 0) is 22.3 Å². The van der Waals surface area contributed by atoms with E-state index >= 15 is 0 Å². The number of ether oxygens (including phenoxy) is 1. The Morgan fingerprint density at radius 2 is 1.90 bits per heavy atom. The van der Waals surface area contributed by atoms with Crippen molar-refractivity contribution in [2.75, 3.05) is 7.11 Å². The molecule has 108 valence electrons. The lowest BCUT2D eigenvalue weighted by Gasteiger charge is -2.08. The van der Waals surface area contributed by atoms with Crippen LogP contribution in [0.4, 0.5) is 4.39 Å². The molecule has 0 aliphatic carbocycles. The summed E-state index contributed by atoms with van der Waals surface area (Å²) < 4.78 is 30.6. The Kier molecular flexibility index (Phi) is 5.07. The third kappa shape index (κ3) is 4.14. The molecular weight excluding hydrogens is 289 g/mol. The van der Waals surface area contributed by atoms with E-state index in [1.54, 1.807) is 24.3 Å². The zero-order valence-corrected chi connectivity index (χ0v) is 12.3. The van der Waals surface area contributed by atoms with Gasteiger partial charge in [-0.1, -0.05) is 12.1 Å². The molecule has 0 saturated carbocycles. The molecule has 0 aromatic heterocycles. The minimum atomic E-state index is -1.18. The maximum absolute atomic E-state index is 13.3. The number of nitrogens with zero attached hydrogens (tertiary/aromatic N) is 1. The van der Waals surface area contributed by atoms with Gasteiger partial charge in [0, 0.05) is 22.1 Å². The molecule has 0 aliphatic rings. The van der Waals surface area contributed by atoms with E-state index in [0.29, 0.717) is 22.6 Å². The Morgan fingerprint density at radius 1 is 1.19 bits per heavy atom. The van der Waals surface area contributed by atoms with Gasteiger partial charge in [0.2, 0.25) is 0 Å². The maximum atomic E-state index is 13.3. The summed E-state index contributed by atoms with van der Waals surface area (Å²) in [6, 6.07) is 13.2. The van der Waals surface area contributed by atoms with Crippen LogP contribution < -0.4 is 4.74 Å². The van der Waals surface area contributed by atoms with Crippen molar-refractivity contribution in [2.45, 2.75) is 11.5 Å². The Balaban J connectivity index is 2.07. The molecular formula is C16H14FNO2S. The molecule has 0 fully saturated rings. The molecule has 0 N–H and O–H groups in total. The summed E-state index contributed by atoms with van der Waals surface area (Å²) in [4.78, 5) is 0. The van der Waals surface area contributed by atoms with Gasteiger partial charge in [-0.3, -0.25) is 4.21 Å². The Hall–Kier alpha value is -2.19. The summed E-state index contributed by atoms with van der Waals surface area (Å²) >= 11 is 0. The zero-order chi connectivity index (χ0) is 15.2. The fourth-order valence-electron chi connectivity index (χ4n) is 1.95. The lowest BCUT2D eigenvalue weighted by Crippen LogP contribution is -2.02. The van der Waals surface area contributed by atoms with Gasteiger partial charge >= 0.3 is 0 Å². The van der Waals surface area contributed by atoms with Gasteiger partial charge < -0.3 is 4.74 Å². The van der Waals surface area contributed by atoms with E-state index in [1.807, 2.05) is 6.07 Å². The fourth-order valence-corrected chi connectivity index (χ4v) is 3.18. The molecule has 0 spiro atoms. The van der Waals surface area contributed by atoms with Crippen molar-refractivity contribution in [3.8, 4) is 11.8 Å². The van der Waals surface area contributed by atoms with Gasteiger partial charge in [0.1, 0.15) is 11.6 Å². The number of nitriles is 1. The third-order valence-electron chi connectivity index (χ3n) is 2.97. The van der Waals surface area contributed by atoms with Crippen LogP contribution in [0.1, 0.15) is 16.7 Å². The number of halogens is 1. The van der Waals surface area contributed by atoms with Gasteiger partial charge in [0.25, 0.3) is 0 Å². The van der Waals surface area contributed by atoms with E-state index in [9.17, 15) is 8.60 Å². The number of rotatable bonds is 5. The second kappa shape index (κ2) is 7.00. The highest BCUT2D eigenvalue weighted by molar-refractivity contribution is 7.83. The second-order valence-corrected chi connectivity index (χ2v) is 5.95. The maximum Gasteiger partial charge on any atom is 0.123 e. The van der Waals surface area contributed by atoms with Crippen molar-refractivity contribution in [1.82, 2.24) is 0 Å². The normalized spacial score (nSPS) is 11.7. The van der Waals surface area contributed by atoms with Crippen molar-refractivity contribution in [1.29, 1.82) is 5.26 Å². The quantitative estimate of drug-likeness (QED) is 0.852. The van der Waals surface area contributed by atoms with Crippen molar-refractivity contribution >= 4 is 10.8 Å². The second-order valence-electron chi connectivity index (χ2n) is 4.49. The Bertz CT molecular complexity index is 692. The molecule has 0 heterocycles. The first-order chi connectivity index (χ1) is 10.1. The van der Waals surface area contributed by atoms with E-state index < -0.39 is 10.8 Å². The lowest BCUT2D eigenvalue weighted by atomic mass is 10.2. The molecule has 2 aromatic rings. The van der Waals surface area contributed by atoms with Crippen molar-refractivity contribution < 1.29 is 13.3 Å². The van der Waals surface area contributed by atoms with E-state index in [0.717, 1.165) is 5.56 Å². The molecule has 0 amide bonds. The topological polar surface area (TPSA) is 50.1 Å². The SMILES string of the molecule is COc1ccc(F)cc1CS(=O)Cc1ccc(C#N)cc1. The minimum Gasteiger partial charge on any atom is -0.496 e.